The maximum absolute atomic E-state index is 15.2. The Morgan fingerprint density at radius 2 is 1.94 bits per heavy atom. The van der Waals surface area contributed by atoms with Crippen molar-refractivity contribution < 1.29 is 23.4 Å². The third kappa shape index (κ3) is 3.87. The van der Waals surface area contributed by atoms with E-state index < -0.39 is 11.6 Å². The maximum atomic E-state index is 15.2. The summed E-state index contributed by atoms with van der Waals surface area (Å²) in [5.74, 6) is -1.67. The molecule has 5 rings (SSSR count). The van der Waals surface area contributed by atoms with Crippen molar-refractivity contribution in [2.24, 2.45) is 0 Å². The van der Waals surface area contributed by atoms with Crippen molar-refractivity contribution in [1.82, 2.24) is 19.6 Å². The van der Waals surface area contributed by atoms with Gasteiger partial charge in [0.05, 0.1) is 19.3 Å². The molecule has 0 aliphatic carbocycles. The Bertz CT molecular complexity index is 1290. The van der Waals surface area contributed by atoms with Crippen molar-refractivity contribution in [3.8, 4) is 22.8 Å². The van der Waals surface area contributed by atoms with Crippen molar-refractivity contribution in [1.29, 1.82) is 0 Å². The highest BCUT2D eigenvalue weighted by Crippen LogP contribution is 2.37. The van der Waals surface area contributed by atoms with Crippen LogP contribution < -0.4 is 10.5 Å². The fraction of sp³-hybridized carbons (Fsp3) is 0.261. The molecule has 170 valence electrons. The number of aliphatic hydroxyl groups is 1. The molecule has 10 heteroatoms. The van der Waals surface area contributed by atoms with Gasteiger partial charge < -0.3 is 20.3 Å². The number of aromatic nitrogens is 4. The van der Waals surface area contributed by atoms with Crippen LogP contribution in [-0.4, -0.2) is 44.0 Å². The van der Waals surface area contributed by atoms with E-state index in [9.17, 15) is 9.50 Å². The second-order valence-electron chi connectivity index (χ2n) is 7.79. The zero-order valence-electron chi connectivity index (χ0n) is 17.5. The highest BCUT2D eigenvalue weighted by molar-refractivity contribution is 5.85. The van der Waals surface area contributed by atoms with Gasteiger partial charge in [-0.15, -0.1) is 0 Å². The summed E-state index contributed by atoms with van der Waals surface area (Å²) < 4.78 is 42.8. The molecule has 1 aliphatic rings. The fourth-order valence-corrected chi connectivity index (χ4v) is 3.99. The molecule has 0 radical (unpaired) electrons. The minimum Gasteiger partial charge on any atom is -0.454 e. The van der Waals surface area contributed by atoms with Gasteiger partial charge in [-0.05, 0) is 37.1 Å². The molecule has 4 aromatic rings. The summed E-state index contributed by atoms with van der Waals surface area (Å²) >= 11 is 0. The minimum absolute atomic E-state index is 0.0582. The average Bonchev–Trinajstić information content (AvgIpc) is 3.24. The Hall–Kier alpha value is -3.63. The number of halogens is 2. The van der Waals surface area contributed by atoms with Crippen LogP contribution in [0.25, 0.3) is 16.8 Å². The molecule has 3 heterocycles. The molecule has 0 bridgehead atoms. The second kappa shape index (κ2) is 8.72. The molecular formula is C23H21F2N5O3. The largest absolute Gasteiger partial charge is 0.454 e. The summed E-state index contributed by atoms with van der Waals surface area (Å²) in [4.78, 5) is 8.60. The van der Waals surface area contributed by atoms with Crippen LogP contribution in [0.1, 0.15) is 24.6 Å². The van der Waals surface area contributed by atoms with Crippen LogP contribution in [0.15, 0.2) is 48.8 Å². The Morgan fingerprint density at radius 3 is 2.67 bits per heavy atom. The maximum Gasteiger partial charge on any atom is 0.201 e. The van der Waals surface area contributed by atoms with E-state index in [0.29, 0.717) is 31.0 Å². The summed E-state index contributed by atoms with van der Waals surface area (Å²) in [6, 6.07) is 11.3. The molecular weight excluding hydrogens is 432 g/mol. The van der Waals surface area contributed by atoms with E-state index in [1.807, 2.05) is 0 Å². The molecule has 2 atom stereocenters. The number of hydrogen-bond donors (Lipinski definition) is 2. The van der Waals surface area contributed by atoms with Crippen molar-refractivity contribution in [3.63, 3.8) is 0 Å². The van der Waals surface area contributed by atoms with E-state index >= 15 is 4.39 Å². The SMILES string of the molecule is Nc1ncnn2c([C@H]3CC[C@H](CO)OC3)nc(-c3ccc(Oc4ccccc4)c(F)c3F)c12. The van der Waals surface area contributed by atoms with Gasteiger partial charge in [0.25, 0.3) is 0 Å². The summed E-state index contributed by atoms with van der Waals surface area (Å²) in [6.45, 7) is 0.256. The second-order valence-corrected chi connectivity index (χ2v) is 7.79. The fourth-order valence-electron chi connectivity index (χ4n) is 3.99. The Kier molecular flexibility index (Phi) is 5.61. The monoisotopic (exact) mass is 453 g/mol. The molecule has 1 saturated heterocycles. The number of anilines is 1. The zero-order chi connectivity index (χ0) is 22.9. The van der Waals surface area contributed by atoms with Crippen LogP contribution in [0.5, 0.6) is 11.5 Å². The molecule has 0 spiro atoms. The molecule has 1 fully saturated rings. The predicted octanol–water partition coefficient (Wildman–Crippen LogP) is 3.70. The third-order valence-corrected chi connectivity index (χ3v) is 5.70. The number of hydrogen-bond acceptors (Lipinski definition) is 7. The lowest BCUT2D eigenvalue weighted by molar-refractivity contribution is -0.0284. The number of ether oxygens (including phenoxy) is 2. The van der Waals surface area contributed by atoms with Gasteiger partial charge in [0.1, 0.15) is 29.1 Å². The third-order valence-electron chi connectivity index (χ3n) is 5.70. The van der Waals surface area contributed by atoms with Crippen molar-refractivity contribution in [3.05, 3.63) is 66.3 Å². The van der Waals surface area contributed by atoms with Crippen molar-refractivity contribution >= 4 is 11.3 Å². The number of nitrogen functional groups attached to an aromatic ring is 1. The van der Waals surface area contributed by atoms with Gasteiger partial charge in [0.2, 0.25) is 5.82 Å². The van der Waals surface area contributed by atoms with Crippen LogP contribution in [-0.2, 0) is 4.74 Å². The number of fused-ring (bicyclic) bond motifs is 1. The number of para-hydroxylation sites is 1. The standard InChI is InChI=1S/C23H21F2N5O3/c24-18-16(8-9-17(19(18)25)33-14-4-2-1-3-5-14)20-21-22(26)27-12-28-30(21)23(29-20)13-6-7-15(10-31)32-11-13/h1-5,8-9,12-13,15,31H,6-7,10-11H2,(H2,26,27,28)/t13-,15+/m0/s1. The molecule has 0 amide bonds. The Labute approximate surface area is 187 Å². The topological polar surface area (TPSA) is 108 Å². The smallest absolute Gasteiger partial charge is 0.201 e. The van der Waals surface area contributed by atoms with Crippen LogP contribution >= 0.6 is 0 Å². The van der Waals surface area contributed by atoms with Gasteiger partial charge in [-0.2, -0.15) is 9.49 Å². The highest BCUT2D eigenvalue weighted by atomic mass is 19.2. The first-order valence-corrected chi connectivity index (χ1v) is 10.5. The Morgan fingerprint density at radius 1 is 1.12 bits per heavy atom. The lowest BCUT2D eigenvalue weighted by atomic mass is 9.98. The lowest BCUT2D eigenvalue weighted by Crippen LogP contribution is -2.28. The number of aliphatic hydroxyl groups excluding tert-OH is 1. The van der Waals surface area contributed by atoms with Gasteiger partial charge in [-0.1, -0.05) is 18.2 Å². The van der Waals surface area contributed by atoms with Crippen LogP contribution in [0.2, 0.25) is 0 Å². The zero-order valence-corrected chi connectivity index (χ0v) is 17.5. The average molecular weight is 453 g/mol. The summed E-state index contributed by atoms with van der Waals surface area (Å²) in [6.07, 6.45) is 2.38. The lowest BCUT2D eigenvalue weighted by Gasteiger charge is -2.26. The van der Waals surface area contributed by atoms with Gasteiger partial charge in [-0.3, -0.25) is 0 Å². The van der Waals surface area contributed by atoms with Gasteiger partial charge in [0, 0.05) is 11.5 Å². The number of benzene rings is 2. The molecule has 0 saturated carbocycles. The van der Waals surface area contributed by atoms with Crippen LogP contribution in [0.3, 0.4) is 0 Å². The highest BCUT2D eigenvalue weighted by Gasteiger charge is 2.30. The normalized spacial score (nSPS) is 18.5. The van der Waals surface area contributed by atoms with E-state index in [0.717, 1.165) is 0 Å². The number of imidazole rings is 1. The number of nitrogens with zero attached hydrogens (tertiary/aromatic N) is 4. The minimum atomic E-state index is -1.14. The summed E-state index contributed by atoms with van der Waals surface area (Å²) in [5.41, 5.74) is 6.42. The van der Waals surface area contributed by atoms with Gasteiger partial charge in [-0.25, -0.2) is 18.9 Å². The van der Waals surface area contributed by atoms with E-state index in [-0.39, 0.29) is 47.0 Å². The molecule has 2 aromatic heterocycles. The van der Waals surface area contributed by atoms with E-state index in [1.165, 1.54) is 23.0 Å². The number of nitrogens with two attached hydrogens (primary N) is 1. The molecule has 2 aromatic carbocycles. The molecule has 0 unspecified atom stereocenters. The van der Waals surface area contributed by atoms with Crippen molar-refractivity contribution in [2.75, 3.05) is 18.9 Å². The molecule has 1 aliphatic heterocycles. The molecule has 3 N–H and O–H groups in total. The van der Waals surface area contributed by atoms with E-state index in [2.05, 4.69) is 15.1 Å². The first-order chi connectivity index (χ1) is 16.1. The summed E-state index contributed by atoms with van der Waals surface area (Å²) in [7, 11) is 0. The molecule has 8 nitrogen and oxygen atoms in total. The number of rotatable bonds is 5. The predicted molar refractivity (Wildman–Crippen MR) is 116 cm³/mol. The van der Waals surface area contributed by atoms with Crippen molar-refractivity contribution in [2.45, 2.75) is 24.9 Å². The Balaban J connectivity index is 1.57. The quantitative estimate of drug-likeness (QED) is 0.474. The van der Waals surface area contributed by atoms with E-state index in [4.69, 9.17) is 15.2 Å². The van der Waals surface area contributed by atoms with E-state index in [1.54, 1.807) is 30.3 Å². The van der Waals surface area contributed by atoms with Crippen LogP contribution in [0, 0.1) is 11.6 Å². The summed E-state index contributed by atoms with van der Waals surface area (Å²) in [5, 5.41) is 13.6. The van der Waals surface area contributed by atoms with Gasteiger partial charge in [0.15, 0.2) is 17.4 Å². The molecule has 33 heavy (non-hydrogen) atoms. The first kappa shape index (κ1) is 21.2. The van der Waals surface area contributed by atoms with Crippen LogP contribution in [0.4, 0.5) is 14.6 Å². The first-order valence-electron chi connectivity index (χ1n) is 10.5. The van der Waals surface area contributed by atoms with Gasteiger partial charge >= 0.3 is 0 Å².